The maximum atomic E-state index is 15.5. The number of fused-ring (bicyclic) bond motifs is 1. The molecule has 1 aliphatic carbocycles. The van der Waals surface area contributed by atoms with Gasteiger partial charge in [0.25, 0.3) is 10.0 Å². The number of aromatic nitrogens is 2. The van der Waals surface area contributed by atoms with Gasteiger partial charge in [-0.2, -0.15) is 0 Å². The molecule has 7 nitrogen and oxygen atoms in total. The van der Waals surface area contributed by atoms with E-state index in [9.17, 15) is 12.8 Å². The molecule has 1 saturated carbocycles. The standard InChI is InChI=1S/C26H24ClF2N5O2S/c27-19-3-1-2-4-23(19)37(35,36)34-22-12-10-20(28)24(25(22)29)15-5-11-21-16(13-15)14-31-26(33-21)32-18-8-6-17(30)7-9-18/h1-5,10-14,17-18,34H,6-9,30H2,(H,31,32,33). The molecule has 1 aliphatic rings. The van der Waals surface area contributed by atoms with Gasteiger partial charge in [0.2, 0.25) is 5.95 Å². The molecule has 0 unspecified atom stereocenters. The van der Waals surface area contributed by atoms with Crippen LogP contribution in [0.4, 0.5) is 20.4 Å². The first-order chi connectivity index (χ1) is 17.7. The number of nitrogens with zero attached hydrogens (tertiary/aromatic N) is 2. The molecule has 0 radical (unpaired) electrons. The van der Waals surface area contributed by atoms with Crippen molar-refractivity contribution in [2.24, 2.45) is 5.73 Å². The molecule has 11 heteroatoms. The number of benzene rings is 3. The van der Waals surface area contributed by atoms with E-state index in [0.717, 1.165) is 37.8 Å². The number of rotatable bonds is 6. The van der Waals surface area contributed by atoms with E-state index in [2.05, 4.69) is 20.0 Å². The van der Waals surface area contributed by atoms with Crippen LogP contribution in [0.1, 0.15) is 25.7 Å². The maximum absolute atomic E-state index is 15.5. The van der Waals surface area contributed by atoms with Crippen LogP contribution in [-0.2, 0) is 10.0 Å². The van der Waals surface area contributed by atoms with E-state index in [-0.39, 0.29) is 33.1 Å². The highest BCUT2D eigenvalue weighted by Gasteiger charge is 2.23. The van der Waals surface area contributed by atoms with E-state index in [1.807, 2.05) is 0 Å². The second-order valence-electron chi connectivity index (χ2n) is 9.04. The number of nitrogens with one attached hydrogen (secondary N) is 2. The van der Waals surface area contributed by atoms with Gasteiger partial charge in [-0.05, 0) is 67.6 Å². The van der Waals surface area contributed by atoms with Crippen LogP contribution in [0.2, 0.25) is 5.02 Å². The Balaban J connectivity index is 1.43. The van der Waals surface area contributed by atoms with Crippen LogP contribution in [0.5, 0.6) is 0 Å². The van der Waals surface area contributed by atoms with E-state index in [0.29, 0.717) is 16.9 Å². The average molecular weight is 544 g/mol. The minimum absolute atomic E-state index is 0.0202. The third-order valence-corrected chi connectivity index (χ3v) is 8.30. The molecule has 0 aliphatic heterocycles. The molecular weight excluding hydrogens is 520 g/mol. The quantitative estimate of drug-likeness (QED) is 0.287. The highest BCUT2D eigenvalue weighted by Crippen LogP contribution is 2.34. The second kappa shape index (κ2) is 10.2. The van der Waals surface area contributed by atoms with Gasteiger partial charge < -0.3 is 11.1 Å². The van der Waals surface area contributed by atoms with Gasteiger partial charge in [0, 0.05) is 23.7 Å². The third kappa shape index (κ3) is 5.36. The highest BCUT2D eigenvalue weighted by molar-refractivity contribution is 7.92. The summed E-state index contributed by atoms with van der Waals surface area (Å²) in [7, 11) is -4.21. The Bertz CT molecular complexity index is 1580. The summed E-state index contributed by atoms with van der Waals surface area (Å²) in [4.78, 5) is 8.68. The van der Waals surface area contributed by atoms with Gasteiger partial charge in [0.05, 0.1) is 21.8 Å². The Morgan fingerprint density at radius 1 is 1.00 bits per heavy atom. The summed E-state index contributed by atoms with van der Waals surface area (Å²) in [6, 6.07) is 13.0. The summed E-state index contributed by atoms with van der Waals surface area (Å²) in [5.41, 5.74) is 6.01. The molecule has 5 rings (SSSR count). The minimum Gasteiger partial charge on any atom is -0.351 e. The van der Waals surface area contributed by atoms with E-state index in [1.54, 1.807) is 24.4 Å². The van der Waals surface area contributed by atoms with E-state index in [4.69, 9.17) is 17.3 Å². The first-order valence-corrected chi connectivity index (χ1v) is 13.6. The molecule has 37 heavy (non-hydrogen) atoms. The number of halogens is 3. The van der Waals surface area contributed by atoms with Crippen LogP contribution in [0.15, 0.2) is 65.7 Å². The fourth-order valence-corrected chi connectivity index (χ4v) is 6.04. The van der Waals surface area contributed by atoms with Crippen molar-refractivity contribution in [2.75, 3.05) is 10.0 Å². The van der Waals surface area contributed by atoms with Gasteiger partial charge in [-0.3, -0.25) is 4.72 Å². The molecule has 4 N–H and O–H groups in total. The van der Waals surface area contributed by atoms with Gasteiger partial charge in [0.15, 0.2) is 5.82 Å². The van der Waals surface area contributed by atoms with Gasteiger partial charge in [-0.15, -0.1) is 0 Å². The monoisotopic (exact) mass is 543 g/mol. The zero-order valence-electron chi connectivity index (χ0n) is 19.6. The lowest BCUT2D eigenvalue weighted by Gasteiger charge is -2.26. The number of anilines is 2. The molecule has 0 amide bonds. The van der Waals surface area contributed by atoms with E-state index in [1.165, 1.54) is 24.3 Å². The Morgan fingerprint density at radius 3 is 2.51 bits per heavy atom. The normalized spacial score (nSPS) is 18.1. The summed E-state index contributed by atoms with van der Waals surface area (Å²) in [5.74, 6) is -1.41. The van der Waals surface area contributed by atoms with Crippen molar-refractivity contribution in [3.63, 3.8) is 0 Å². The number of nitrogens with two attached hydrogens (primary N) is 1. The molecule has 192 valence electrons. The molecule has 1 aromatic heterocycles. The third-order valence-electron chi connectivity index (χ3n) is 6.44. The fourth-order valence-electron chi connectivity index (χ4n) is 4.46. The molecule has 4 aromatic rings. The van der Waals surface area contributed by atoms with Gasteiger partial charge in [-0.1, -0.05) is 29.8 Å². The van der Waals surface area contributed by atoms with Gasteiger partial charge in [0.1, 0.15) is 10.7 Å². The van der Waals surface area contributed by atoms with Crippen molar-refractivity contribution < 1.29 is 17.2 Å². The Kier molecular flexibility index (Phi) is 6.98. The lowest BCUT2D eigenvalue weighted by molar-refractivity contribution is 0.410. The average Bonchev–Trinajstić information content (AvgIpc) is 2.87. The van der Waals surface area contributed by atoms with Crippen LogP contribution in [0, 0.1) is 11.6 Å². The van der Waals surface area contributed by atoms with Crippen LogP contribution in [-0.4, -0.2) is 30.5 Å². The molecule has 0 saturated heterocycles. The van der Waals surface area contributed by atoms with E-state index < -0.39 is 27.3 Å². The minimum atomic E-state index is -4.21. The lowest BCUT2D eigenvalue weighted by Crippen LogP contribution is -2.33. The second-order valence-corrected chi connectivity index (χ2v) is 11.1. The maximum Gasteiger partial charge on any atom is 0.263 e. The summed E-state index contributed by atoms with van der Waals surface area (Å²) >= 11 is 6.00. The highest BCUT2D eigenvalue weighted by atomic mass is 35.5. The number of hydrogen-bond donors (Lipinski definition) is 3. The summed E-state index contributed by atoms with van der Waals surface area (Å²) < 4.78 is 58.0. The molecule has 1 heterocycles. The molecule has 0 spiro atoms. The zero-order chi connectivity index (χ0) is 26.2. The van der Waals surface area contributed by atoms with Crippen LogP contribution in [0.3, 0.4) is 0 Å². The van der Waals surface area contributed by atoms with Crippen LogP contribution < -0.4 is 15.8 Å². The summed E-state index contributed by atoms with van der Waals surface area (Å²) in [6.07, 6.45) is 5.36. The number of hydrogen-bond acceptors (Lipinski definition) is 6. The van der Waals surface area contributed by atoms with E-state index >= 15 is 4.39 Å². The van der Waals surface area contributed by atoms with Gasteiger partial charge >= 0.3 is 0 Å². The van der Waals surface area contributed by atoms with Crippen molar-refractivity contribution in [3.8, 4) is 11.1 Å². The van der Waals surface area contributed by atoms with Gasteiger partial charge in [-0.25, -0.2) is 27.2 Å². The van der Waals surface area contributed by atoms with Crippen molar-refractivity contribution >= 4 is 44.2 Å². The van der Waals surface area contributed by atoms with Crippen molar-refractivity contribution in [2.45, 2.75) is 42.7 Å². The summed E-state index contributed by atoms with van der Waals surface area (Å²) in [6.45, 7) is 0. The predicted octanol–water partition coefficient (Wildman–Crippen LogP) is 5.71. The Hall–Kier alpha value is -3.34. The first-order valence-electron chi connectivity index (χ1n) is 11.8. The topological polar surface area (TPSA) is 110 Å². The SMILES string of the molecule is NC1CCC(Nc2ncc3cc(-c4c(F)ccc(NS(=O)(=O)c5ccccc5Cl)c4F)ccc3n2)CC1. The lowest BCUT2D eigenvalue weighted by atomic mass is 9.92. The van der Waals surface area contributed by atoms with Crippen molar-refractivity contribution in [3.05, 3.63) is 77.5 Å². The Morgan fingerprint density at radius 2 is 1.76 bits per heavy atom. The summed E-state index contributed by atoms with van der Waals surface area (Å²) in [5, 5.41) is 3.89. The molecule has 1 fully saturated rings. The zero-order valence-corrected chi connectivity index (χ0v) is 21.2. The molecule has 0 bridgehead atoms. The van der Waals surface area contributed by atoms with Crippen LogP contribution in [0.25, 0.3) is 22.0 Å². The van der Waals surface area contributed by atoms with Crippen molar-refractivity contribution in [1.82, 2.24) is 9.97 Å². The first kappa shape index (κ1) is 25.3. The van der Waals surface area contributed by atoms with Crippen LogP contribution >= 0.6 is 11.6 Å². The van der Waals surface area contributed by atoms with Crippen molar-refractivity contribution in [1.29, 1.82) is 0 Å². The number of sulfonamides is 1. The largest absolute Gasteiger partial charge is 0.351 e. The smallest absolute Gasteiger partial charge is 0.263 e. The molecular formula is C26H24ClF2N5O2S. The fraction of sp³-hybridized carbons (Fsp3) is 0.231. The predicted molar refractivity (Wildman–Crippen MR) is 141 cm³/mol. The Labute approximate surface area is 218 Å². The molecule has 3 aromatic carbocycles. The molecule has 0 atom stereocenters.